The van der Waals surface area contributed by atoms with Crippen molar-refractivity contribution in [1.82, 2.24) is 4.90 Å². The summed E-state index contributed by atoms with van der Waals surface area (Å²) in [6.07, 6.45) is 12.8. The zero-order valence-electron chi connectivity index (χ0n) is 34.7. The summed E-state index contributed by atoms with van der Waals surface area (Å²) in [6, 6.07) is 11.1. The molecule has 16 aliphatic carbocycles. The highest BCUT2D eigenvalue weighted by atomic mass is 32.1. The number of likely N-dealkylation sites (tertiary alicyclic amines) is 1. The van der Waals surface area contributed by atoms with E-state index >= 15 is 0 Å². The number of hydrogen-bond donors (Lipinski definition) is 0. The smallest absolute Gasteiger partial charge is 0.0700 e. The van der Waals surface area contributed by atoms with E-state index in [9.17, 15) is 0 Å². The van der Waals surface area contributed by atoms with Crippen LogP contribution in [0.3, 0.4) is 0 Å². The minimum absolute atomic E-state index is 0.355. The van der Waals surface area contributed by atoms with Crippen molar-refractivity contribution in [2.24, 2.45) is 159 Å². The van der Waals surface area contributed by atoms with Crippen molar-refractivity contribution in [3.05, 3.63) is 67.1 Å². The Labute approximate surface area is 358 Å². The molecule has 0 bridgehead atoms. The Kier molecular flexibility index (Phi) is 5.59. The van der Waals surface area contributed by atoms with Crippen molar-refractivity contribution in [2.45, 2.75) is 63.5 Å². The van der Waals surface area contributed by atoms with E-state index in [0.29, 0.717) is 36.6 Å². The van der Waals surface area contributed by atoms with Crippen LogP contribution in [0.25, 0.3) is 0 Å². The molecule has 2 aromatic heterocycles. The Bertz CT molecular complexity index is 2330. The summed E-state index contributed by atoms with van der Waals surface area (Å²) in [4.78, 5) is 6.58. The minimum atomic E-state index is 0.355. The lowest BCUT2D eigenvalue weighted by Crippen LogP contribution is -2.59. The quantitative estimate of drug-likeness (QED) is 0.196. The molecule has 19 rings (SSSR count). The summed E-state index contributed by atoms with van der Waals surface area (Å²) in [5.74, 6) is 27.5. The van der Waals surface area contributed by atoms with Crippen LogP contribution in [0.2, 0.25) is 0 Å². The Balaban J connectivity index is 0.911. The molecule has 14 fully saturated rings. The van der Waals surface area contributed by atoms with Crippen LogP contribution >= 0.6 is 22.7 Å². The molecule has 3 nitrogen and oxygen atoms in total. The normalized spacial score (nSPS) is 64.1. The summed E-state index contributed by atoms with van der Waals surface area (Å²) in [6.45, 7) is 3.29. The molecule has 13 saturated carbocycles. The molecule has 17 aliphatic rings. The van der Waals surface area contributed by atoms with Gasteiger partial charge in [-0.05, 0) is 216 Å². The largest absolute Gasteiger partial charge is 0.382 e. The predicted octanol–water partition coefficient (Wildman–Crippen LogP) is 10.5. The summed E-state index contributed by atoms with van der Waals surface area (Å²) in [7, 11) is 1.83. The fourth-order valence-electron chi connectivity index (χ4n) is 26.9. The van der Waals surface area contributed by atoms with Gasteiger partial charge in [-0.1, -0.05) is 34.4 Å². The van der Waals surface area contributed by atoms with Gasteiger partial charge in [0.05, 0.1) is 31.9 Å². The van der Waals surface area contributed by atoms with E-state index in [1.807, 2.05) is 7.11 Å². The highest BCUT2D eigenvalue weighted by Crippen LogP contribution is 2.94. The van der Waals surface area contributed by atoms with Gasteiger partial charge in [0.1, 0.15) is 0 Å². The first-order chi connectivity index (χ1) is 29.3. The molecule has 1 saturated heterocycles. The lowest BCUT2D eigenvalue weighted by Gasteiger charge is -2.62. The van der Waals surface area contributed by atoms with Crippen LogP contribution in [-0.4, -0.2) is 38.4 Å². The summed E-state index contributed by atoms with van der Waals surface area (Å²) in [5, 5.41) is 4.90. The zero-order valence-corrected chi connectivity index (χ0v) is 36.3. The van der Waals surface area contributed by atoms with Gasteiger partial charge in [-0.15, -0.1) is 22.7 Å². The average Bonchev–Trinajstić information content (AvgIpc) is 4.09. The van der Waals surface area contributed by atoms with Crippen molar-refractivity contribution in [1.29, 1.82) is 0 Å². The maximum absolute atomic E-state index is 6.52. The maximum Gasteiger partial charge on any atom is 0.0700 e. The Morgan fingerprint density at radius 1 is 0.627 bits per heavy atom. The topological polar surface area (TPSA) is 21.7 Å². The number of methoxy groups -OCH3 is 1. The van der Waals surface area contributed by atoms with Crippen LogP contribution in [0, 0.1) is 159 Å². The second kappa shape index (κ2) is 10.2. The maximum atomic E-state index is 6.52. The third-order valence-corrected chi connectivity index (χ3v) is 27.5. The highest BCUT2D eigenvalue weighted by molar-refractivity contribution is 7.10. The molecule has 2 aromatic rings. The monoisotopic (exact) mass is 819 g/mol. The molecule has 0 N–H and O–H groups in total. The van der Waals surface area contributed by atoms with Gasteiger partial charge in [-0.3, -0.25) is 4.90 Å². The number of fused-ring (bicyclic) bond motifs is 1. The van der Waals surface area contributed by atoms with Gasteiger partial charge in [-0.25, -0.2) is 0 Å². The first kappa shape index (κ1) is 32.4. The zero-order chi connectivity index (χ0) is 37.3. The SMILES string of the molecule is COCCOCCN1C(c2cccs2)C2C3=C4C5C6=C(C3)CC3CC7CC8CC9CC%10CC%11CC2(C2C4C4C5C5C(C63)C7C3C8C9C6C%10C(C4C6C35)C%112)C1c1cccs1. The van der Waals surface area contributed by atoms with Crippen molar-refractivity contribution < 1.29 is 9.47 Å². The fourth-order valence-corrected chi connectivity index (χ4v) is 28.8. The van der Waals surface area contributed by atoms with Crippen LogP contribution < -0.4 is 0 Å². The fraction of sp³-hybridized carbons (Fsp3) is 0.778. The van der Waals surface area contributed by atoms with Crippen LogP contribution in [0.1, 0.15) is 73.2 Å². The molecule has 3 heterocycles. The van der Waals surface area contributed by atoms with Gasteiger partial charge in [0.15, 0.2) is 0 Å². The van der Waals surface area contributed by atoms with Gasteiger partial charge in [0.2, 0.25) is 0 Å². The Morgan fingerprint density at radius 2 is 1.25 bits per heavy atom. The van der Waals surface area contributed by atoms with E-state index in [-0.39, 0.29) is 0 Å². The van der Waals surface area contributed by atoms with E-state index in [1.165, 1.54) is 18.8 Å². The number of ether oxygens (including phenoxy) is 2. The first-order valence-corrected chi connectivity index (χ1v) is 27.4. The molecule has 1 spiro atoms. The number of thiophene rings is 2. The molecular formula is C54H61NO2S2. The van der Waals surface area contributed by atoms with Crippen LogP contribution in [0.5, 0.6) is 0 Å². The third-order valence-electron chi connectivity index (χ3n) is 25.6. The van der Waals surface area contributed by atoms with E-state index in [2.05, 4.69) is 84.9 Å². The highest BCUT2D eigenvalue weighted by Gasteiger charge is 2.89. The number of allylic oxidation sites excluding steroid dienone is 3. The van der Waals surface area contributed by atoms with Crippen molar-refractivity contribution >= 4 is 22.7 Å². The van der Waals surface area contributed by atoms with Gasteiger partial charge in [-0.2, -0.15) is 0 Å². The predicted molar refractivity (Wildman–Crippen MR) is 228 cm³/mol. The average molecular weight is 820 g/mol. The molecule has 0 radical (unpaired) electrons. The minimum Gasteiger partial charge on any atom is -0.382 e. The Morgan fingerprint density at radius 3 is 2.00 bits per heavy atom. The van der Waals surface area contributed by atoms with E-state index in [4.69, 9.17) is 9.47 Å². The van der Waals surface area contributed by atoms with Gasteiger partial charge in [0, 0.05) is 40.7 Å². The lowest BCUT2D eigenvalue weighted by atomic mass is 9.41. The van der Waals surface area contributed by atoms with Crippen LogP contribution in [0.15, 0.2) is 57.3 Å². The van der Waals surface area contributed by atoms with Gasteiger partial charge >= 0.3 is 0 Å². The second-order valence-electron chi connectivity index (χ2n) is 25.4. The van der Waals surface area contributed by atoms with Crippen LogP contribution in [-0.2, 0) is 9.47 Å². The molecular weight excluding hydrogens is 759 g/mol. The standard InChI is InChI=1S/C54H61NO2S2/c1-56-8-9-57-7-6-55-52(28-4-2-10-58-28)50-27-18-25-16-22-14-23-13-20-12-21-15-24-17-26-19-54(50,53(55)29-5-3-11-59-29)51-36(26)41-35(24)40-31(21)30(20)38-34(23)39-32(22)33(25)42-37(27)49(51)48-46(41)44(40)43(38)45(39)47(42)48/h2-5,10-11,20-24,26,30-32,34-36,38-53H,6-9,12-19H2,1H3. The van der Waals surface area contributed by atoms with Crippen molar-refractivity contribution in [2.75, 3.05) is 33.5 Å². The molecule has 0 aromatic carbocycles. The summed E-state index contributed by atoms with van der Waals surface area (Å²) in [5.41, 5.74) is 9.01. The molecule has 0 amide bonds. The van der Waals surface area contributed by atoms with Gasteiger partial charge in [0.25, 0.3) is 0 Å². The molecule has 306 valence electrons. The van der Waals surface area contributed by atoms with E-state index < -0.39 is 0 Å². The van der Waals surface area contributed by atoms with Gasteiger partial charge < -0.3 is 9.47 Å². The first-order valence-electron chi connectivity index (χ1n) is 25.6. The summed E-state index contributed by atoms with van der Waals surface area (Å²) < 4.78 is 12.0. The molecule has 29 unspecified atom stereocenters. The van der Waals surface area contributed by atoms with Crippen LogP contribution in [0.4, 0.5) is 0 Å². The Hall–Kier alpha value is -1.24. The van der Waals surface area contributed by atoms with Crippen molar-refractivity contribution in [3.63, 3.8) is 0 Å². The molecule has 1 aliphatic heterocycles. The molecule has 59 heavy (non-hydrogen) atoms. The lowest BCUT2D eigenvalue weighted by molar-refractivity contribution is -0.149. The number of hydrogen-bond acceptors (Lipinski definition) is 5. The van der Waals surface area contributed by atoms with E-state index in [0.717, 1.165) is 155 Å². The number of rotatable bonds is 8. The molecule has 29 atom stereocenters. The number of nitrogens with zero attached hydrogens (tertiary/aromatic N) is 1. The second-order valence-corrected chi connectivity index (χ2v) is 27.3. The summed E-state index contributed by atoms with van der Waals surface area (Å²) >= 11 is 4.25. The molecule has 5 heteroatoms. The van der Waals surface area contributed by atoms with Crippen molar-refractivity contribution in [3.8, 4) is 0 Å². The third kappa shape index (κ3) is 3.09. The van der Waals surface area contributed by atoms with E-state index in [1.54, 1.807) is 48.3 Å².